The van der Waals surface area contributed by atoms with Gasteiger partial charge in [-0.05, 0) is 38.5 Å². The predicted octanol–water partition coefficient (Wildman–Crippen LogP) is 4.87. The van der Waals surface area contributed by atoms with Gasteiger partial charge in [-0.1, -0.05) is 23.2 Å². The summed E-state index contributed by atoms with van der Waals surface area (Å²) in [5.74, 6) is -0.420. The molecular formula is C17H17Cl2NO4S. The highest BCUT2D eigenvalue weighted by atomic mass is 35.5. The Kier molecular flexibility index (Phi) is 6.70. The van der Waals surface area contributed by atoms with E-state index in [1.165, 1.54) is 17.4 Å². The number of benzene rings is 1. The van der Waals surface area contributed by atoms with Gasteiger partial charge in [-0.2, -0.15) is 0 Å². The third-order valence-corrected chi connectivity index (χ3v) is 5.24. The Labute approximate surface area is 159 Å². The van der Waals surface area contributed by atoms with Crippen molar-refractivity contribution >= 4 is 51.4 Å². The first-order chi connectivity index (χ1) is 11.8. The van der Waals surface area contributed by atoms with Crippen molar-refractivity contribution < 1.29 is 19.1 Å². The van der Waals surface area contributed by atoms with Gasteiger partial charge in [0.2, 0.25) is 0 Å². The second kappa shape index (κ2) is 8.56. The third-order valence-electron chi connectivity index (χ3n) is 3.38. The van der Waals surface area contributed by atoms with Crippen molar-refractivity contribution in [2.45, 2.75) is 20.8 Å². The Morgan fingerprint density at radius 3 is 2.56 bits per heavy atom. The van der Waals surface area contributed by atoms with Gasteiger partial charge in [-0.3, -0.25) is 4.79 Å². The van der Waals surface area contributed by atoms with Gasteiger partial charge in [0.25, 0.3) is 5.91 Å². The molecule has 5 nitrogen and oxygen atoms in total. The van der Waals surface area contributed by atoms with Gasteiger partial charge in [-0.15, -0.1) is 11.3 Å². The molecule has 1 amide bonds. The number of hydrogen-bond donors (Lipinski definition) is 1. The summed E-state index contributed by atoms with van der Waals surface area (Å²) in [7, 11) is 0. The summed E-state index contributed by atoms with van der Waals surface area (Å²) >= 11 is 13.1. The van der Waals surface area contributed by atoms with Crippen LogP contribution in [0.3, 0.4) is 0 Å². The standard InChI is InChI=1S/C17H17Cl2NO4S/c1-4-23-17(22)15-9(2)10(3)25-16(15)20-14(21)8-24-11-5-6-12(18)13(19)7-11/h5-7H,4,8H2,1-3H3,(H,20,21). The van der Waals surface area contributed by atoms with Crippen molar-refractivity contribution in [2.75, 3.05) is 18.5 Å². The molecule has 1 heterocycles. The maximum absolute atomic E-state index is 12.2. The smallest absolute Gasteiger partial charge is 0.341 e. The molecule has 0 bridgehead atoms. The molecule has 0 radical (unpaired) electrons. The molecule has 1 aromatic carbocycles. The molecule has 0 unspecified atom stereocenters. The Morgan fingerprint density at radius 2 is 1.92 bits per heavy atom. The van der Waals surface area contributed by atoms with Gasteiger partial charge in [0.15, 0.2) is 6.61 Å². The van der Waals surface area contributed by atoms with E-state index >= 15 is 0 Å². The highest BCUT2D eigenvalue weighted by molar-refractivity contribution is 7.16. The number of ether oxygens (including phenoxy) is 2. The molecule has 1 N–H and O–H groups in total. The zero-order chi connectivity index (χ0) is 18.6. The second-order valence-corrected chi connectivity index (χ2v) is 7.16. The molecule has 1 aromatic heterocycles. The first kappa shape index (κ1) is 19.6. The Morgan fingerprint density at radius 1 is 1.20 bits per heavy atom. The molecule has 0 aliphatic carbocycles. The third kappa shape index (κ3) is 4.87. The topological polar surface area (TPSA) is 64.6 Å². The van der Waals surface area contributed by atoms with E-state index in [-0.39, 0.29) is 13.2 Å². The molecule has 0 aliphatic heterocycles. The number of anilines is 1. The van der Waals surface area contributed by atoms with Gasteiger partial charge in [0.1, 0.15) is 10.8 Å². The summed E-state index contributed by atoms with van der Waals surface area (Å²) in [6, 6.07) is 4.73. The minimum Gasteiger partial charge on any atom is -0.484 e. The number of nitrogens with one attached hydrogen (secondary N) is 1. The van der Waals surface area contributed by atoms with Crippen LogP contribution in [0.2, 0.25) is 10.0 Å². The average molecular weight is 402 g/mol. The SMILES string of the molecule is CCOC(=O)c1c(NC(=O)COc2ccc(Cl)c(Cl)c2)sc(C)c1C. The van der Waals surface area contributed by atoms with Gasteiger partial charge in [0.05, 0.1) is 22.2 Å². The number of carbonyl (C=O) groups is 2. The quantitative estimate of drug-likeness (QED) is 0.701. The summed E-state index contributed by atoms with van der Waals surface area (Å²) in [5.41, 5.74) is 1.18. The minimum atomic E-state index is -0.454. The monoisotopic (exact) mass is 401 g/mol. The minimum absolute atomic E-state index is 0.226. The molecular weight excluding hydrogens is 385 g/mol. The summed E-state index contributed by atoms with van der Waals surface area (Å²) in [4.78, 5) is 25.2. The molecule has 2 aromatic rings. The van der Waals surface area contributed by atoms with Crippen molar-refractivity contribution in [1.29, 1.82) is 0 Å². The van der Waals surface area contributed by atoms with Crippen LogP contribution in [0.4, 0.5) is 5.00 Å². The molecule has 134 valence electrons. The summed E-state index contributed by atoms with van der Waals surface area (Å²) in [5, 5.41) is 3.90. The van der Waals surface area contributed by atoms with E-state index in [0.717, 1.165) is 10.4 Å². The number of halogens is 2. The number of esters is 1. The zero-order valence-electron chi connectivity index (χ0n) is 13.9. The van der Waals surface area contributed by atoms with E-state index in [1.54, 1.807) is 19.1 Å². The van der Waals surface area contributed by atoms with Crippen LogP contribution in [0.15, 0.2) is 18.2 Å². The highest BCUT2D eigenvalue weighted by Crippen LogP contribution is 2.33. The number of amides is 1. The van der Waals surface area contributed by atoms with Crippen LogP contribution < -0.4 is 10.1 Å². The maximum atomic E-state index is 12.2. The molecule has 0 aliphatic rings. The lowest BCUT2D eigenvalue weighted by atomic mass is 10.1. The number of thiophene rings is 1. The molecule has 8 heteroatoms. The van der Waals surface area contributed by atoms with Crippen molar-refractivity contribution in [1.82, 2.24) is 0 Å². The lowest BCUT2D eigenvalue weighted by Gasteiger charge is -2.09. The highest BCUT2D eigenvalue weighted by Gasteiger charge is 2.22. The van der Waals surface area contributed by atoms with Crippen LogP contribution in [0.5, 0.6) is 5.75 Å². The van der Waals surface area contributed by atoms with Gasteiger partial charge in [-0.25, -0.2) is 4.79 Å². The fraction of sp³-hybridized carbons (Fsp3) is 0.294. The van der Waals surface area contributed by atoms with E-state index in [4.69, 9.17) is 32.7 Å². The van der Waals surface area contributed by atoms with Crippen LogP contribution in [-0.4, -0.2) is 25.1 Å². The van der Waals surface area contributed by atoms with Crippen LogP contribution in [0.25, 0.3) is 0 Å². The number of carbonyl (C=O) groups excluding carboxylic acids is 2. The van der Waals surface area contributed by atoms with Crippen molar-refractivity contribution in [2.24, 2.45) is 0 Å². The average Bonchev–Trinajstić information content (AvgIpc) is 2.83. The second-order valence-electron chi connectivity index (χ2n) is 5.12. The van der Waals surface area contributed by atoms with Crippen LogP contribution in [0, 0.1) is 13.8 Å². The number of hydrogen-bond acceptors (Lipinski definition) is 5. The van der Waals surface area contributed by atoms with Crippen molar-refractivity contribution in [3.63, 3.8) is 0 Å². The van der Waals surface area contributed by atoms with Crippen molar-refractivity contribution in [3.05, 3.63) is 44.2 Å². The lowest BCUT2D eigenvalue weighted by molar-refractivity contribution is -0.118. The molecule has 0 saturated heterocycles. The first-order valence-corrected chi connectivity index (χ1v) is 9.05. The van der Waals surface area contributed by atoms with Gasteiger partial charge in [0, 0.05) is 10.9 Å². The summed E-state index contributed by atoms with van der Waals surface area (Å²) in [6.07, 6.45) is 0. The van der Waals surface area contributed by atoms with Crippen LogP contribution in [-0.2, 0) is 9.53 Å². The number of aryl methyl sites for hydroxylation is 1. The molecule has 2 rings (SSSR count). The van der Waals surface area contributed by atoms with E-state index in [1.807, 2.05) is 13.8 Å². The van der Waals surface area contributed by atoms with E-state index in [9.17, 15) is 9.59 Å². The maximum Gasteiger partial charge on any atom is 0.341 e. The normalized spacial score (nSPS) is 10.4. The van der Waals surface area contributed by atoms with E-state index in [2.05, 4.69) is 5.32 Å². The lowest BCUT2D eigenvalue weighted by Crippen LogP contribution is -2.21. The fourth-order valence-electron chi connectivity index (χ4n) is 2.04. The van der Waals surface area contributed by atoms with Crippen LogP contribution in [0.1, 0.15) is 27.7 Å². The Balaban J connectivity index is 2.06. The summed E-state index contributed by atoms with van der Waals surface area (Å²) in [6.45, 7) is 5.47. The Bertz CT molecular complexity index is 804. The first-order valence-electron chi connectivity index (χ1n) is 7.48. The molecule has 0 saturated carbocycles. The van der Waals surface area contributed by atoms with Crippen molar-refractivity contribution in [3.8, 4) is 5.75 Å². The Hall–Kier alpha value is -1.76. The number of rotatable bonds is 6. The molecule has 25 heavy (non-hydrogen) atoms. The van der Waals surface area contributed by atoms with E-state index in [0.29, 0.717) is 26.4 Å². The molecule has 0 spiro atoms. The molecule has 0 fully saturated rings. The molecule has 0 atom stereocenters. The van der Waals surface area contributed by atoms with Gasteiger partial charge >= 0.3 is 5.97 Å². The largest absolute Gasteiger partial charge is 0.484 e. The predicted molar refractivity (Wildman–Crippen MR) is 100 cm³/mol. The zero-order valence-corrected chi connectivity index (χ0v) is 16.3. The van der Waals surface area contributed by atoms with Gasteiger partial charge < -0.3 is 14.8 Å². The summed E-state index contributed by atoms with van der Waals surface area (Å²) < 4.78 is 10.5. The van der Waals surface area contributed by atoms with Crippen LogP contribution >= 0.6 is 34.5 Å². The van der Waals surface area contributed by atoms with E-state index < -0.39 is 11.9 Å². The fourth-order valence-corrected chi connectivity index (χ4v) is 3.40.